The predicted octanol–water partition coefficient (Wildman–Crippen LogP) is 4.01. The number of amides is 1. The van der Waals surface area contributed by atoms with Crippen LogP contribution in [0.3, 0.4) is 0 Å². The molecule has 1 N–H and O–H groups in total. The average molecular weight is 458 g/mol. The molecule has 5 rings (SSSR count). The predicted molar refractivity (Wildman–Crippen MR) is 133 cm³/mol. The first kappa shape index (κ1) is 21.2. The van der Waals surface area contributed by atoms with E-state index in [1.54, 1.807) is 18.3 Å². The molecule has 0 heterocycles. The van der Waals surface area contributed by atoms with E-state index in [1.165, 1.54) is 16.5 Å². The number of carbonyl (C=O) groups is 1. The second-order valence-electron chi connectivity index (χ2n) is 8.21. The molecule has 1 amide bonds. The van der Waals surface area contributed by atoms with Crippen molar-refractivity contribution in [2.75, 3.05) is 17.1 Å². The number of benzene rings is 4. The van der Waals surface area contributed by atoms with Gasteiger partial charge >= 0.3 is 0 Å². The lowest BCUT2D eigenvalue weighted by Gasteiger charge is -2.23. The van der Waals surface area contributed by atoms with E-state index >= 15 is 0 Å². The third kappa shape index (κ3) is 4.07. The Bertz CT molecular complexity index is 1510. The number of sulfonamides is 1. The minimum atomic E-state index is -3.69. The van der Waals surface area contributed by atoms with Crippen LogP contribution >= 0.6 is 0 Å². The van der Waals surface area contributed by atoms with Gasteiger partial charge in [0, 0.05) is 10.9 Å². The van der Waals surface area contributed by atoms with Gasteiger partial charge in [0.05, 0.1) is 18.2 Å². The van der Waals surface area contributed by atoms with E-state index in [4.69, 9.17) is 0 Å². The van der Waals surface area contributed by atoms with Gasteiger partial charge in [-0.05, 0) is 46.2 Å². The van der Waals surface area contributed by atoms with Gasteiger partial charge in [-0.3, -0.25) is 9.10 Å². The van der Waals surface area contributed by atoms with Crippen LogP contribution in [0.5, 0.6) is 0 Å². The van der Waals surface area contributed by atoms with E-state index < -0.39 is 15.9 Å². The number of fused-ring (bicyclic) bond motifs is 1. The summed E-state index contributed by atoms with van der Waals surface area (Å²) in [5, 5.41) is 8.15. The Labute approximate surface area is 192 Å². The van der Waals surface area contributed by atoms with Gasteiger partial charge in [0.25, 0.3) is 5.91 Å². The quantitative estimate of drug-likeness (QED) is 0.351. The summed E-state index contributed by atoms with van der Waals surface area (Å²) in [4.78, 5) is 12.7. The highest BCUT2D eigenvalue weighted by Gasteiger charge is 2.22. The third-order valence-corrected chi connectivity index (χ3v) is 7.15. The molecule has 4 aromatic carbocycles. The second-order valence-corrected chi connectivity index (χ2v) is 10.1. The summed E-state index contributed by atoms with van der Waals surface area (Å²) in [5.74, 6) is -0.518. The zero-order chi connectivity index (χ0) is 23.0. The fourth-order valence-corrected chi connectivity index (χ4v) is 5.40. The highest BCUT2D eigenvalue weighted by Crippen LogP contribution is 2.32. The molecule has 0 fully saturated rings. The van der Waals surface area contributed by atoms with E-state index in [0.717, 1.165) is 45.1 Å². The maximum Gasteiger partial charge on any atom is 0.260 e. The molecule has 0 bridgehead atoms. The molecule has 1 aliphatic rings. The van der Waals surface area contributed by atoms with Crippen LogP contribution < -0.4 is 9.73 Å². The molecule has 0 aromatic heterocycles. The summed E-state index contributed by atoms with van der Waals surface area (Å²) in [6.07, 6.45) is 4.79. The first-order valence-corrected chi connectivity index (χ1v) is 12.6. The second kappa shape index (κ2) is 8.33. The summed E-state index contributed by atoms with van der Waals surface area (Å²) in [6, 6.07) is 23.2. The van der Waals surface area contributed by atoms with Crippen molar-refractivity contribution < 1.29 is 13.2 Å². The first-order chi connectivity index (χ1) is 15.9. The number of hydrogen-bond donors (Lipinski definition) is 1. The Kier molecular flexibility index (Phi) is 5.34. The molecule has 7 heteroatoms. The maximum atomic E-state index is 12.7. The molecule has 0 saturated carbocycles. The Balaban J connectivity index is 1.38. The van der Waals surface area contributed by atoms with E-state index in [-0.39, 0.29) is 6.54 Å². The van der Waals surface area contributed by atoms with Crippen LogP contribution in [0.25, 0.3) is 21.5 Å². The lowest BCUT2D eigenvalue weighted by molar-refractivity contribution is -0.119. The summed E-state index contributed by atoms with van der Waals surface area (Å²) in [6.45, 7) is -0.367. The molecular formula is C26H23N3O3S. The molecule has 33 heavy (non-hydrogen) atoms. The topological polar surface area (TPSA) is 78.8 Å². The van der Waals surface area contributed by atoms with Crippen LogP contribution in [0.4, 0.5) is 5.69 Å². The summed E-state index contributed by atoms with van der Waals surface area (Å²) < 4.78 is 26.2. The first-order valence-electron chi connectivity index (χ1n) is 10.7. The molecule has 1 aliphatic carbocycles. The number of nitrogens with zero attached hydrogens (tertiary/aromatic N) is 2. The molecule has 0 radical (unpaired) electrons. The zero-order valence-electron chi connectivity index (χ0n) is 18.2. The van der Waals surface area contributed by atoms with Gasteiger partial charge < -0.3 is 0 Å². The number of nitrogens with one attached hydrogen (secondary N) is 1. The van der Waals surface area contributed by atoms with Crippen molar-refractivity contribution in [3.63, 3.8) is 0 Å². The van der Waals surface area contributed by atoms with Gasteiger partial charge in [-0.1, -0.05) is 66.7 Å². The lowest BCUT2D eigenvalue weighted by Crippen LogP contribution is -2.39. The van der Waals surface area contributed by atoms with Gasteiger partial charge in [-0.15, -0.1) is 0 Å². The largest absolute Gasteiger partial charge is 0.271 e. The molecule has 0 spiro atoms. The van der Waals surface area contributed by atoms with E-state index in [1.807, 2.05) is 42.5 Å². The SMILES string of the molecule is CS(=O)(=O)N(CC(=O)NN=Cc1ccc2c3c(cccc13)CC2)c1cccc2ccccc12. The van der Waals surface area contributed by atoms with Crippen LogP contribution in [0.1, 0.15) is 16.7 Å². The number of hydrazone groups is 1. The van der Waals surface area contributed by atoms with Gasteiger partial charge in [0.15, 0.2) is 0 Å². The lowest BCUT2D eigenvalue weighted by atomic mass is 10.0. The average Bonchev–Trinajstić information content (AvgIpc) is 3.23. The summed E-state index contributed by atoms with van der Waals surface area (Å²) in [5.41, 5.74) is 6.52. The Hall–Kier alpha value is -3.71. The Morgan fingerprint density at radius 2 is 1.64 bits per heavy atom. The van der Waals surface area contributed by atoms with Crippen molar-refractivity contribution in [3.05, 3.63) is 89.5 Å². The number of rotatable bonds is 6. The standard InChI is InChI=1S/C26H23N3O3S/c1-33(31,32)29(24-11-5-7-18-6-2-3-9-22(18)24)17-25(30)28-27-16-21-15-14-20-13-12-19-8-4-10-23(21)26(19)20/h2-11,14-16H,12-13,17H2,1H3,(H,28,30). The van der Waals surface area contributed by atoms with E-state index in [9.17, 15) is 13.2 Å². The summed E-state index contributed by atoms with van der Waals surface area (Å²) >= 11 is 0. The van der Waals surface area contributed by atoms with E-state index in [0.29, 0.717) is 5.69 Å². The number of hydrogen-bond acceptors (Lipinski definition) is 4. The number of carbonyl (C=O) groups excluding carboxylic acids is 1. The molecule has 0 unspecified atom stereocenters. The van der Waals surface area contributed by atoms with Crippen LogP contribution in [-0.4, -0.2) is 33.3 Å². The molecule has 0 atom stereocenters. The van der Waals surface area contributed by atoms with Crippen molar-refractivity contribution in [3.8, 4) is 0 Å². The highest BCUT2D eigenvalue weighted by atomic mass is 32.2. The fraction of sp³-hybridized carbons (Fsp3) is 0.154. The fourth-order valence-electron chi connectivity index (χ4n) is 4.53. The van der Waals surface area contributed by atoms with Crippen LogP contribution in [0, 0.1) is 0 Å². The monoisotopic (exact) mass is 457 g/mol. The van der Waals surface area contributed by atoms with Gasteiger partial charge in [-0.25, -0.2) is 13.8 Å². The van der Waals surface area contributed by atoms with Crippen molar-refractivity contribution in [1.82, 2.24) is 5.43 Å². The molecule has 6 nitrogen and oxygen atoms in total. The van der Waals surface area contributed by atoms with Crippen LogP contribution in [0.2, 0.25) is 0 Å². The minimum absolute atomic E-state index is 0.367. The molecule has 0 aliphatic heterocycles. The summed E-state index contributed by atoms with van der Waals surface area (Å²) in [7, 11) is -3.69. The van der Waals surface area contributed by atoms with Gasteiger partial charge in [-0.2, -0.15) is 5.10 Å². The van der Waals surface area contributed by atoms with Crippen LogP contribution in [-0.2, 0) is 27.7 Å². The maximum absolute atomic E-state index is 12.7. The minimum Gasteiger partial charge on any atom is -0.271 e. The normalized spacial score (nSPS) is 13.1. The van der Waals surface area contributed by atoms with Gasteiger partial charge in [0.2, 0.25) is 10.0 Å². The Morgan fingerprint density at radius 1 is 0.939 bits per heavy atom. The molecular weight excluding hydrogens is 434 g/mol. The van der Waals surface area contributed by atoms with E-state index in [2.05, 4.69) is 28.7 Å². The van der Waals surface area contributed by atoms with Crippen molar-refractivity contribution in [1.29, 1.82) is 0 Å². The number of aryl methyl sites for hydroxylation is 2. The van der Waals surface area contributed by atoms with Crippen LogP contribution in [0.15, 0.2) is 77.9 Å². The zero-order valence-corrected chi connectivity index (χ0v) is 19.0. The molecule has 166 valence electrons. The molecule has 0 saturated heterocycles. The molecule has 4 aromatic rings. The van der Waals surface area contributed by atoms with Gasteiger partial charge in [0.1, 0.15) is 6.54 Å². The van der Waals surface area contributed by atoms with Crippen molar-refractivity contribution >= 4 is 49.4 Å². The third-order valence-electron chi connectivity index (χ3n) is 6.03. The Morgan fingerprint density at radius 3 is 2.45 bits per heavy atom. The number of anilines is 1. The highest BCUT2D eigenvalue weighted by molar-refractivity contribution is 7.92. The smallest absolute Gasteiger partial charge is 0.260 e. The van der Waals surface area contributed by atoms with Crippen molar-refractivity contribution in [2.45, 2.75) is 12.8 Å². The van der Waals surface area contributed by atoms with Crippen molar-refractivity contribution in [2.24, 2.45) is 5.10 Å².